The van der Waals surface area contributed by atoms with Crippen LogP contribution in [0.1, 0.15) is 37.3 Å². The van der Waals surface area contributed by atoms with Gasteiger partial charge in [0.05, 0.1) is 6.61 Å². The summed E-state index contributed by atoms with van der Waals surface area (Å²) in [6.45, 7) is -4.03. The molecule has 0 bridgehead atoms. The summed E-state index contributed by atoms with van der Waals surface area (Å²) in [5.74, 6) is 6.02. The molecule has 0 aliphatic carbocycles. The second-order valence-electron chi connectivity index (χ2n) is 4.29. The molecule has 0 aliphatic heterocycles. The van der Waals surface area contributed by atoms with Gasteiger partial charge in [-0.15, -0.1) is 0 Å². The van der Waals surface area contributed by atoms with E-state index in [1.165, 1.54) is 0 Å². The minimum Gasteiger partial charge on any atom is -0.447 e. The van der Waals surface area contributed by atoms with Crippen molar-refractivity contribution in [3.63, 3.8) is 0 Å². The molecule has 1 aromatic rings. The zero-order valence-electron chi connectivity index (χ0n) is 12.0. The Hall–Kier alpha value is 0.231. The Kier molecular flexibility index (Phi) is 11.0. The Balaban J connectivity index is 0.00000361. The fourth-order valence-electron chi connectivity index (χ4n) is 1.49. The second-order valence-corrected chi connectivity index (χ2v) is 4.29. The quantitative estimate of drug-likeness (QED) is 0.435. The van der Waals surface area contributed by atoms with Crippen molar-refractivity contribution in [2.24, 2.45) is 0 Å². The summed E-state index contributed by atoms with van der Waals surface area (Å²) in [6, 6.07) is 7.14. The molecule has 0 heterocycles. The van der Waals surface area contributed by atoms with Crippen LogP contribution < -0.4 is 51.4 Å². The van der Waals surface area contributed by atoms with Crippen LogP contribution in [0.2, 0.25) is 0 Å². The maximum atomic E-state index is 12.1. The van der Waals surface area contributed by atoms with E-state index in [0.29, 0.717) is 5.56 Å². The molecular weight excluding hydrogens is 291 g/mol. The SMILES string of the molecule is CCCCC#Cc1ccccc1COC[B-](F)(F)F.[K+]. The van der Waals surface area contributed by atoms with Crippen molar-refractivity contribution in [2.75, 3.05) is 6.51 Å². The Morgan fingerprint density at radius 1 is 1.20 bits per heavy atom. The van der Waals surface area contributed by atoms with E-state index in [9.17, 15) is 12.9 Å². The molecule has 0 spiro atoms. The summed E-state index contributed by atoms with van der Waals surface area (Å²) in [6.07, 6.45) is 2.91. The van der Waals surface area contributed by atoms with Gasteiger partial charge in [0, 0.05) is 18.5 Å². The fourth-order valence-corrected chi connectivity index (χ4v) is 1.49. The topological polar surface area (TPSA) is 9.23 Å². The van der Waals surface area contributed by atoms with Gasteiger partial charge < -0.3 is 17.7 Å². The first kappa shape index (κ1) is 20.2. The molecule has 104 valence electrons. The molecule has 0 saturated carbocycles. The molecule has 6 heteroatoms. The minimum absolute atomic E-state index is 0. The molecule has 1 nitrogen and oxygen atoms in total. The van der Waals surface area contributed by atoms with Gasteiger partial charge in [0.15, 0.2) is 0 Å². The van der Waals surface area contributed by atoms with E-state index in [1.54, 1.807) is 18.2 Å². The van der Waals surface area contributed by atoms with Crippen molar-refractivity contribution in [2.45, 2.75) is 32.8 Å². The predicted molar refractivity (Wildman–Crippen MR) is 71.6 cm³/mol. The van der Waals surface area contributed by atoms with Gasteiger partial charge in [-0.25, -0.2) is 0 Å². The van der Waals surface area contributed by atoms with E-state index in [0.717, 1.165) is 24.8 Å². The standard InChI is InChI=1S/C14H17BF3O.K/c1-2-3-4-5-8-13-9-6-7-10-14(13)11-19-12-15(16,17)18;/h6-7,9-10H,2-4,11-12H2,1H3;/q-1;+1. The van der Waals surface area contributed by atoms with Crippen LogP contribution in [-0.4, -0.2) is 13.5 Å². The van der Waals surface area contributed by atoms with Crippen LogP contribution in [0.5, 0.6) is 0 Å². The third-order valence-electron chi connectivity index (χ3n) is 2.46. The first-order valence-electron chi connectivity index (χ1n) is 6.38. The van der Waals surface area contributed by atoms with Crippen molar-refractivity contribution < 1.29 is 69.1 Å². The van der Waals surface area contributed by atoms with Gasteiger partial charge >= 0.3 is 58.4 Å². The zero-order valence-corrected chi connectivity index (χ0v) is 15.1. The predicted octanol–water partition coefficient (Wildman–Crippen LogP) is 1.14. The van der Waals surface area contributed by atoms with E-state index in [-0.39, 0.29) is 58.0 Å². The third kappa shape index (κ3) is 9.22. The summed E-state index contributed by atoms with van der Waals surface area (Å²) >= 11 is 0. The van der Waals surface area contributed by atoms with Crippen LogP contribution in [-0.2, 0) is 11.3 Å². The molecule has 1 aromatic carbocycles. The number of benzene rings is 1. The minimum atomic E-state index is -4.89. The molecule has 0 aliphatic rings. The molecule has 0 N–H and O–H groups in total. The molecule has 0 fully saturated rings. The Morgan fingerprint density at radius 2 is 1.90 bits per heavy atom. The van der Waals surface area contributed by atoms with Gasteiger partial charge in [-0.1, -0.05) is 43.4 Å². The molecular formula is C14H17BF3KO. The van der Waals surface area contributed by atoms with Crippen LogP contribution in [0.3, 0.4) is 0 Å². The third-order valence-corrected chi connectivity index (χ3v) is 2.46. The van der Waals surface area contributed by atoms with Crippen LogP contribution in [0.4, 0.5) is 12.9 Å². The molecule has 1 rings (SSSR count). The van der Waals surface area contributed by atoms with E-state index in [1.807, 2.05) is 6.07 Å². The summed E-state index contributed by atoms with van der Waals surface area (Å²) in [4.78, 5) is 0. The van der Waals surface area contributed by atoms with Crippen molar-refractivity contribution >= 4 is 6.98 Å². The van der Waals surface area contributed by atoms with Gasteiger partial charge in [0.2, 0.25) is 0 Å². The van der Waals surface area contributed by atoms with E-state index < -0.39 is 13.5 Å². The normalized spacial score (nSPS) is 10.4. The van der Waals surface area contributed by atoms with Crippen LogP contribution in [0, 0.1) is 11.8 Å². The largest absolute Gasteiger partial charge is 1.00 e. The van der Waals surface area contributed by atoms with E-state index in [2.05, 4.69) is 23.5 Å². The van der Waals surface area contributed by atoms with Crippen LogP contribution in [0.15, 0.2) is 24.3 Å². The first-order valence-corrected chi connectivity index (χ1v) is 6.38. The van der Waals surface area contributed by atoms with Gasteiger partial charge in [-0.2, -0.15) is 0 Å². The maximum Gasteiger partial charge on any atom is 1.00 e. The average molecular weight is 308 g/mol. The van der Waals surface area contributed by atoms with Crippen molar-refractivity contribution in [1.29, 1.82) is 0 Å². The van der Waals surface area contributed by atoms with Gasteiger partial charge in [-0.05, 0) is 18.1 Å². The summed E-state index contributed by atoms with van der Waals surface area (Å²) < 4.78 is 40.9. The first-order chi connectivity index (χ1) is 9.03. The number of hydrogen-bond donors (Lipinski definition) is 0. The monoisotopic (exact) mass is 308 g/mol. The van der Waals surface area contributed by atoms with Gasteiger partial charge in [-0.3, -0.25) is 0 Å². The zero-order chi connectivity index (χ0) is 14.1. The van der Waals surface area contributed by atoms with Crippen molar-refractivity contribution in [1.82, 2.24) is 0 Å². The average Bonchev–Trinajstić information content (AvgIpc) is 2.35. The number of ether oxygens (including phenoxy) is 1. The number of unbranched alkanes of at least 4 members (excludes halogenated alkanes) is 2. The molecule has 0 unspecified atom stereocenters. The Morgan fingerprint density at radius 3 is 2.55 bits per heavy atom. The molecule has 20 heavy (non-hydrogen) atoms. The summed E-state index contributed by atoms with van der Waals surface area (Å²) in [7, 11) is 0. The maximum absolute atomic E-state index is 12.1. The fraction of sp³-hybridized carbons (Fsp3) is 0.429. The summed E-state index contributed by atoms with van der Waals surface area (Å²) in [5.41, 5.74) is 1.44. The van der Waals surface area contributed by atoms with Crippen molar-refractivity contribution in [3.8, 4) is 11.8 Å². The number of rotatable bonds is 6. The van der Waals surface area contributed by atoms with Crippen LogP contribution in [0.25, 0.3) is 0 Å². The number of halogens is 3. The Bertz CT molecular complexity index is 452. The van der Waals surface area contributed by atoms with Gasteiger partial charge in [0.25, 0.3) is 0 Å². The molecule has 0 radical (unpaired) electrons. The smallest absolute Gasteiger partial charge is 0.447 e. The molecule has 0 atom stereocenters. The molecule has 0 amide bonds. The van der Waals surface area contributed by atoms with E-state index in [4.69, 9.17) is 0 Å². The van der Waals surface area contributed by atoms with Crippen LogP contribution >= 0.6 is 0 Å². The molecule has 0 aromatic heterocycles. The molecule has 0 saturated heterocycles. The second kappa shape index (κ2) is 10.9. The summed E-state index contributed by atoms with van der Waals surface area (Å²) in [5, 5.41) is 0. The van der Waals surface area contributed by atoms with Crippen molar-refractivity contribution in [3.05, 3.63) is 35.4 Å². The van der Waals surface area contributed by atoms with E-state index >= 15 is 0 Å². The van der Waals surface area contributed by atoms with Gasteiger partial charge in [0.1, 0.15) is 0 Å². The number of hydrogen-bond acceptors (Lipinski definition) is 1. The Labute approximate surface area is 161 Å².